The number of alkyl halides is 1. The van der Waals surface area contributed by atoms with Gasteiger partial charge in [0.15, 0.2) is 11.1 Å². The number of hydrogen-bond donors (Lipinski definition) is 1. The smallest absolute Gasteiger partial charge is 0.170 e. The fourth-order valence-corrected chi connectivity index (χ4v) is 0.922. The number of hydrogen-bond acceptors (Lipinski definition) is 1. The highest BCUT2D eigenvalue weighted by molar-refractivity contribution is 9.11. The second-order valence-corrected chi connectivity index (χ2v) is 4.95. The minimum Gasteiger partial charge on any atom is -0.305 e. The molecule has 1 aliphatic rings. The Morgan fingerprint density at radius 1 is 1.71 bits per heavy atom. The van der Waals surface area contributed by atoms with Gasteiger partial charge in [0.25, 0.3) is 0 Å². The maximum atomic E-state index is 10.1. The van der Waals surface area contributed by atoms with Crippen LogP contribution in [0.25, 0.3) is 0 Å². The van der Waals surface area contributed by atoms with Crippen molar-refractivity contribution < 1.29 is 8.76 Å². The molecule has 4 heteroatoms. The van der Waals surface area contributed by atoms with Crippen LogP contribution in [-0.4, -0.2) is 12.4 Å². The molecule has 1 aliphatic carbocycles. The number of halogens is 1. The van der Waals surface area contributed by atoms with Gasteiger partial charge in [0.05, 0.1) is 0 Å². The summed E-state index contributed by atoms with van der Waals surface area (Å²) in [5.41, 5.74) is 0. The van der Waals surface area contributed by atoms with Crippen molar-refractivity contribution in [2.24, 2.45) is 0 Å². The van der Waals surface area contributed by atoms with Crippen molar-refractivity contribution >= 4 is 27.0 Å². The van der Waals surface area contributed by atoms with Crippen LogP contribution in [0.2, 0.25) is 0 Å². The van der Waals surface area contributed by atoms with Crippen LogP contribution < -0.4 is 0 Å². The molecule has 0 saturated heterocycles. The molecule has 7 heavy (non-hydrogen) atoms. The first-order valence-electron chi connectivity index (χ1n) is 1.95. The van der Waals surface area contributed by atoms with E-state index in [1.807, 2.05) is 0 Å². The lowest BCUT2D eigenvalue weighted by atomic mass is 11.0. The van der Waals surface area contributed by atoms with Crippen LogP contribution >= 0.6 is 15.9 Å². The molecule has 0 aromatic rings. The van der Waals surface area contributed by atoms with E-state index in [0.29, 0.717) is 0 Å². The SMILES string of the molecule is O=S(O)C1(Br)CC1. The molecule has 0 heterocycles. The minimum absolute atomic E-state index is 0.410. The summed E-state index contributed by atoms with van der Waals surface area (Å²) in [7, 11) is 0. The zero-order valence-electron chi connectivity index (χ0n) is 3.56. The van der Waals surface area contributed by atoms with Gasteiger partial charge in [-0.25, -0.2) is 4.21 Å². The van der Waals surface area contributed by atoms with Gasteiger partial charge >= 0.3 is 0 Å². The van der Waals surface area contributed by atoms with Crippen molar-refractivity contribution in [3.05, 3.63) is 0 Å². The summed E-state index contributed by atoms with van der Waals surface area (Å²) < 4.78 is 18.1. The van der Waals surface area contributed by atoms with E-state index in [0.717, 1.165) is 12.8 Å². The molecule has 0 aliphatic heterocycles. The van der Waals surface area contributed by atoms with Crippen LogP contribution in [0.1, 0.15) is 12.8 Å². The van der Waals surface area contributed by atoms with Gasteiger partial charge in [-0.3, -0.25) is 0 Å². The quantitative estimate of drug-likeness (QED) is 0.490. The van der Waals surface area contributed by atoms with Gasteiger partial charge in [0.2, 0.25) is 0 Å². The second kappa shape index (κ2) is 1.53. The van der Waals surface area contributed by atoms with Gasteiger partial charge in [-0.2, -0.15) is 0 Å². The van der Waals surface area contributed by atoms with Gasteiger partial charge < -0.3 is 4.55 Å². The molecule has 2 nitrogen and oxygen atoms in total. The van der Waals surface area contributed by atoms with E-state index in [-0.39, 0.29) is 0 Å². The molecule has 1 saturated carbocycles. The fourth-order valence-electron chi connectivity index (χ4n) is 0.273. The van der Waals surface area contributed by atoms with Crippen LogP contribution in [0.3, 0.4) is 0 Å². The topological polar surface area (TPSA) is 37.3 Å². The molecule has 1 N–H and O–H groups in total. The Kier molecular flexibility index (Phi) is 1.25. The molecular formula is C3H5BrO2S. The molecule has 0 aromatic heterocycles. The van der Waals surface area contributed by atoms with E-state index in [1.54, 1.807) is 0 Å². The Bertz CT molecular complexity index is 110. The second-order valence-electron chi connectivity index (χ2n) is 1.63. The van der Waals surface area contributed by atoms with Gasteiger partial charge in [-0.05, 0) is 12.8 Å². The molecular weight excluding hydrogens is 180 g/mol. The van der Waals surface area contributed by atoms with E-state index in [2.05, 4.69) is 15.9 Å². The molecule has 0 aromatic carbocycles. The Labute approximate surface area is 52.7 Å². The van der Waals surface area contributed by atoms with Crippen LogP contribution in [0, 0.1) is 0 Å². The lowest BCUT2D eigenvalue weighted by Gasteiger charge is -1.93. The van der Waals surface area contributed by atoms with E-state index in [9.17, 15) is 4.21 Å². The molecule has 1 fully saturated rings. The third-order valence-electron chi connectivity index (χ3n) is 0.956. The minimum atomic E-state index is -1.66. The zero-order chi connectivity index (χ0) is 5.49. The van der Waals surface area contributed by atoms with Gasteiger partial charge in [-0.1, -0.05) is 15.9 Å². The summed E-state index contributed by atoms with van der Waals surface area (Å²) in [6.07, 6.45) is 1.66. The van der Waals surface area contributed by atoms with E-state index < -0.39 is 14.7 Å². The Morgan fingerprint density at radius 2 is 2.14 bits per heavy atom. The van der Waals surface area contributed by atoms with Crippen molar-refractivity contribution in [3.63, 3.8) is 0 Å². The first-order chi connectivity index (χ1) is 3.15. The highest BCUT2D eigenvalue weighted by Gasteiger charge is 2.46. The lowest BCUT2D eigenvalue weighted by Crippen LogP contribution is -2.04. The molecule has 0 radical (unpaired) electrons. The lowest BCUT2D eigenvalue weighted by molar-refractivity contribution is 0.561. The maximum Gasteiger partial charge on any atom is 0.170 e. The average Bonchev–Trinajstić information content (AvgIpc) is 2.21. The van der Waals surface area contributed by atoms with E-state index in [4.69, 9.17) is 4.55 Å². The standard InChI is InChI=1S/C3H5BrO2S/c4-3(1-2-3)7(5)6/h1-2H2,(H,5,6). The third-order valence-corrected chi connectivity index (χ3v) is 3.61. The molecule has 0 spiro atoms. The van der Waals surface area contributed by atoms with Crippen LogP contribution in [0.5, 0.6) is 0 Å². The zero-order valence-corrected chi connectivity index (χ0v) is 5.96. The summed E-state index contributed by atoms with van der Waals surface area (Å²) in [6.45, 7) is 0. The molecule has 1 rings (SSSR count). The van der Waals surface area contributed by atoms with Crippen LogP contribution in [0.15, 0.2) is 0 Å². The Balaban J connectivity index is 2.55. The third kappa shape index (κ3) is 1.03. The first-order valence-corrected chi connectivity index (χ1v) is 3.85. The molecule has 0 bridgehead atoms. The Morgan fingerprint density at radius 3 is 2.14 bits per heavy atom. The van der Waals surface area contributed by atoms with Crippen molar-refractivity contribution in [3.8, 4) is 0 Å². The van der Waals surface area contributed by atoms with Gasteiger partial charge in [-0.15, -0.1) is 0 Å². The molecule has 1 unspecified atom stereocenters. The summed E-state index contributed by atoms with van der Waals surface area (Å²) in [5, 5.41) is 0. The van der Waals surface area contributed by atoms with E-state index in [1.165, 1.54) is 0 Å². The normalized spacial score (nSPS) is 29.4. The predicted octanol–water partition coefficient (Wildman–Crippen LogP) is 1.09. The molecule has 42 valence electrons. The largest absolute Gasteiger partial charge is 0.305 e. The summed E-state index contributed by atoms with van der Waals surface area (Å²) in [6, 6.07) is 0. The van der Waals surface area contributed by atoms with Crippen molar-refractivity contribution in [1.29, 1.82) is 0 Å². The highest BCUT2D eigenvalue weighted by Crippen LogP contribution is 2.46. The van der Waals surface area contributed by atoms with E-state index >= 15 is 0 Å². The van der Waals surface area contributed by atoms with Crippen molar-refractivity contribution in [2.75, 3.05) is 0 Å². The predicted molar refractivity (Wildman–Crippen MR) is 31.7 cm³/mol. The molecule has 1 atom stereocenters. The number of rotatable bonds is 1. The van der Waals surface area contributed by atoms with Crippen LogP contribution in [-0.2, 0) is 11.1 Å². The van der Waals surface area contributed by atoms with Crippen molar-refractivity contribution in [1.82, 2.24) is 0 Å². The molecule has 0 amide bonds. The summed E-state index contributed by atoms with van der Waals surface area (Å²) >= 11 is 1.45. The van der Waals surface area contributed by atoms with Crippen molar-refractivity contribution in [2.45, 2.75) is 16.5 Å². The average molecular weight is 185 g/mol. The first kappa shape index (κ1) is 5.72. The Hall–Kier alpha value is 0.590. The highest BCUT2D eigenvalue weighted by atomic mass is 79.9. The summed E-state index contributed by atoms with van der Waals surface area (Å²) in [5.74, 6) is 0. The van der Waals surface area contributed by atoms with Gasteiger partial charge in [0.1, 0.15) is 3.66 Å². The van der Waals surface area contributed by atoms with Gasteiger partial charge in [0, 0.05) is 0 Å². The fraction of sp³-hybridized carbons (Fsp3) is 1.00. The van der Waals surface area contributed by atoms with Crippen LogP contribution in [0.4, 0.5) is 0 Å². The maximum absolute atomic E-state index is 10.1. The summed E-state index contributed by atoms with van der Waals surface area (Å²) in [4.78, 5) is 0. The monoisotopic (exact) mass is 184 g/mol.